The first-order chi connectivity index (χ1) is 14.4. The molecular formula is C24H27FN4O. The zero-order valence-corrected chi connectivity index (χ0v) is 17.6. The monoisotopic (exact) mass is 406 g/mol. The number of benzene rings is 1. The van der Waals surface area contributed by atoms with Crippen molar-refractivity contribution in [2.75, 3.05) is 5.43 Å². The average Bonchev–Trinajstić information content (AvgIpc) is 3.07. The average molecular weight is 407 g/mol. The van der Waals surface area contributed by atoms with Crippen LogP contribution in [0.3, 0.4) is 0 Å². The molecule has 0 unspecified atom stereocenters. The summed E-state index contributed by atoms with van der Waals surface area (Å²) in [5, 5.41) is 0.610. The Morgan fingerprint density at radius 1 is 1.40 bits per heavy atom. The van der Waals surface area contributed by atoms with Gasteiger partial charge in [-0.15, -0.1) is 0 Å². The topological polar surface area (TPSA) is 62.7 Å². The summed E-state index contributed by atoms with van der Waals surface area (Å²) < 4.78 is 14.9. The first-order valence-electron chi connectivity index (χ1n) is 10.4. The molecule has 2 N–H and O–H groups in total. The summed E-state index contributed by atoms with van der Waals surface area (Å²) in [6.07, 6.45) is 12.1. The molecule has 30 heavy (non-hydrogen) atoms. The van der Waals surface area contributed by atoms with Crippen molar-refractivity contribution in [2.45, 2.75) is 46.5 Å². The standard InChI is InChI=1S/C24H27FN4O/c1-15(2)5-4-6-17-7-8-18(16(3)11-17)13-27-29-14-26-22-20-12-19(25)9-10-21(20)28-23(22)24(29)30/h5,7,9-10,12-14,16,27-28H,4,6,8,11H2,1-3H3/b18-13-/t16-/m1/s1. The molecule has 6 heteroatoms. The number of allylic oxidation sites excluding steroid dienone is 5. The van der Waals surface area contributed by atoms with Crippen molar-refractivity contribution in [1.82, 2.24) is 14.6 Å². The van der Waals surface area contributed by atoms with E-state index in [9.17, 15) is 9.18 Å². The number of fused-ring (bicyclic) bond motifs is 3. The first kappa shape index (κ1) is 20.1. The second kappa shape index (κ2) is 8.30. The van der Waals surface area contributed by atoms with E-state index in [-0.39, 0.29) is 11.4 Å². The summed E-state index contributed by atoms with van der Waals surface area (Å²) in [4.78, 5) is 20.3. The number of hydrogen-bond acceptors (Lipinski definition) is 3. The van der Waals surface area contributed by atoms with E-state index in [0.717, 1.165) is 25.7 Å². The Bertz CT molecular complexity index is 1240. The molecule has 1 aromatic carbocycles. The fourth-order valence-electron chi connectivity index (χ4n) is 3.99. The van der Waals surface area contributed by atoms with Crippen LogP contribution in [0.4, 0.5) is 4.39 Å². The predicted molar refractivity (Wildman–Crippen MR) is 120 cm³/mol. The lowest BCUT2D eigenvalue weighted by atomic mass is 9.84. The van der Waals surface area contributed by atoms with Crippen LogP contribution < -0.4 is 11.0 Å². The number of rotatable bonds is 5. The number of H-pyrrole nitrogens is 1. The molecule has 5 nitrogen and oxygen atoms in total. The number of aromatic amines is 1. The third-order valence-corrected chi connectivity index (χ3v) is 5.70. The largest absolute Gasteiger partial charge is 0.349 e. The summed E-state index contributed by atoms with van der Waals surface area (Å²) >= 11 is 0. The van der Waals surface area contributed by atoms with E-state index in [1.807, 2.05) is 6.20 Å². The highest BCUT2D eigenvalue weighted by Crippen LogP contribution is 2.30. The van der Waals surface area contributed by atoms with Gasteiger partial charge in [-0.3, -0.25) is 10.2 Å². The zero-order chi connectivity index (χ0) is 21.3. The van der Waals surface area contributed by atoms with Gasteiger partial charge in [-0.05, 0) is 69.2 Å². The maximum absolute atomic E-state index is 13.6. The van der Waals surface area contributed by atoms with E-state index in [1.54, 1.807) is 6.07 Å². The van der Waals surface area contributed by atoms with E-state index in [0.29, 0.717) is 27.9 Å². The van der Waals surface area contributed by atoms with Gasteiger partial charge in [-0.1, -0.05) is 30.2 Å². The van der Waals surface area contributed by atoms with Crippen LogP contribution in [-0.2, 0) is 0 Å². The van der Waals surface area contributed by atoms with Gasteiger partial charge in [0, 0.05) is 17.1 Å². The Balaban J connectivity index is 1.53. The van der Waals surface area contributed by atoms with Crippen LogP contribution in [-0.4, -0.2) is 14.6 Å². The van der Waals surface area contributed by atoms with Gasteiger partial charge in [0.15, 0.2) is 0 Å². The minimum absolute atomic E-state index is 0.241. The SMILES string of the molecule is CC(C)=CCCC1=CC/C(=C/Nn2cnc3c([nH]c4ccc(F)cc43)c2=O)[C@H](C)C1. The van der Waals surface area contributed by atoms with Gasteiger partial charge in [0.25, 0.3) is 5.56 Å². The van der Waals surface area contributed by atoms with E-state index in [4.69, 9.17) is 0 Å². The minimum Gasteiger partial charge on any atom is -0.349 e. The van der Waals surface area contributed by atoms with Crippen molar-refractivity contribution in [3.63, 3.8) is 0 Å². The maximum atomic E-state index is 13.6. The smallest absolute Gasteiger partial charge is 0.296 e. The number of halogens is 1. The van der Waals surface area contributed by atoms with Gasteiger partial charge in [0.2, 0.25) is 0 Å². The number of aromatic nitrogens is 3. The Morgan fingerprint density at radius 2 is 2.23 bits per heavy atom. The molecule has 3 aromatic rings. The van der Waals surface area contributed by atoms with Crippen LogP contribution in [0.1, 0.15) is 46.5 Å². The van der Waals surface area contributed by atoms with Crippen LogP contribution >= 0.6 is 0 Å². The van der Waals surface area contributed by atoms with Crippen LogP contribution in [0.5, 0.6) is 0 Å². The minimum atomic E-state index is -0.350. The van der Waals surface area contributed by atoms with Crippen molar-refractivity contribution in [1.29, 1.82) is 0 Å². The quantitative estimate of drug-likeness (QED) is 0.546. The Labute approximate surface area is 175 Å². The molecule has 1 aliphatic carbocycles. The number of nitrogens with one attached hydrogen (secondary N) is 2. The van der Waals surface area contributed by atoms with E-state index in [1.165, 1.54) is 39.9 Å². The molecule has 0 amide bonds. The molecule has 2 aromatic heterocycles. The predicted octanol–water partition coefficient (Wildman–Crippen LogP) is 5.55. The molecule has 0 saturated carbocycles. The molecule has 2 heterocycles. The van der Waals surface area contributed by atoms with E-state index >= 15 is 0 Å². The highest BCUT2D eigenvalue weighted by molar-refractivity contribution is 6.04. The lowest BCUT2D eigenvalue weighted by molar-refractivity contribution is 0.611. The van der Waals surface area contributed by atoms with Crippen molar-refractivity contribution in [3.8, 4) is 0 Å². The van der Waals surface area contributed by atoms with Gasteiger partial charge in [-0.25, -0.2) is 14.1 Å². The Hall–Kier alpha value is -3.15. The fourth-order valence-corrected chi connectivity index (χ4v) is 3.99. The van der Waals surface area contributed by atoms with E-state index in [2.05, 4.69) is 48.3 Å². The van der Waals surface area contributed by atoms with Gasteiger partial charge in [0.1, 0.15) is 23.2 Å². The lowest BCUT2D eigenvalue weighted by Gasteiger charge is -2.23. The highest BCUT2D eigenvalue weighted by Gasteiger charge is 2.16. The Kier molecular flexibility index (Phi) is 5.57. The second-order valence-electron chi connectivity index (χ2n) is 8.30. The molecule has 0 aliphatic heterocycles. The van der Waals surface area contributed by atoms with E-state index < -0.39 is 0 Å². The van der Waals surface area contributed by atoms with Gasteiger partial charge in [0.05, 0.1) is 0 Å². The van der Waals surface area contributed by atoms with Crippen LogP contribution in [0.25, 0.3) is 21.9 Å². The molecule has 0 radical (unpaired) electrons. The molecule has 156 valence electrons. The van der Waals surface area contributed by atoms with Crippen molar-refractivity contribution in [2.24, 2.45) is 5.92 Å². The van der Waals surface area contributed by atoms with Crippen molar-refractivity contribution in [3.05, 3.63) is 75.8 Å². The maximum Gasteiger partial charge on any atom is 0.296 e. The Morgan fingerprint density at radius 3 is 3.00 bits per heavy atom. The van der Waals surface area contributed by atoms with Crippen molar-refractivity contribution >= 4 is 21.9 Å². The van der Waals surface area contributed by atoms with Crippen LogP contribution in [0, 0.1) is 11.7 Å². The third-order valence-electron chi connectivity index (χ3n) is 5.70. The fraction of sp³-hybridized carbons (Fsp3) is 0.333. The molecule has 0 saturated heterocycles. The van der Waals surface area contributed by atoms with Gasteiger partial charge in [-0.2, -0.15) is 0 Å². The summed E-state index contributed by atoms with van der Waals surface area (Å²) in [5.74, 6) is 0.0736. The molecule has 4 rings (SSSR count). The molecule has 0 spiro atoms. The summed E-state index contributed by atoms with van der Waals surface area (Å²) in [6.45, 7) is 6.48. The first-order valence-corrected chi connectivity index (χ1v) is 10.4. The normalized spacial score (nSPS) is 18.1. The molecular weight excluding hydrogens is 379 g/mol. The van der Waals surface area contributed by atoms with Gasteiger partial charge < -0.3 is 4.98 Å². The summed E-state index contributed by atoms with van der Waals surface area (Å²) in [6, 6.07) is 4.38. The zero-order valence-electron chi connectivity index (χ0n) is 17.6. The molecule has 1 aliphatic rings. The van der Waals surface area contributed by atoms with Crippen molar-refractivity contribution < 1.29 is 4.39 Å². The molecule has 0 bridgehead atoms. The third kappa shape index (κ3) is 4.08. The van der Waals surface area contributed by atoms with Crippen LogP contribution in [0.2, 0.25) is 0 Å². The second-order valence-corrected chi connectivity index (χ2v) is 8.30. The van der Waals surface area contributed by atoms with Gasteiger partial charge >= 0.3 is 0 Å². The number of nitrogens with zero attached hydrogens (tertiary/aromatic N) is 2. The summed E-state index contributed by atoms with van der Waals surface area (Å²) in [7, 11) is 0. The summed E-state index contributed by atoms with van der Waals surface area (Å²) in [5.41, 5.74) is 8.50. The molecule has 1 atom stereocenters. The van der Waals surface area contributed by atoms with Crippen LogP contribution in [0.15, 0.2) is 64.4 Å². The number of hydrogen-bond donors (Lipinski definition) is 2. The molecule has 0 fully saturated rings. The lowest BCUT2D eigenvalue weighted by Crippen LogP contribution is -2.27. The highest BCUT2D eigenvalue weighted by atomic mass is 19.1.